The Balaban J connectivity index is 1.30. The molecular weight excluding hydrogens is 508 g/mol. The van der Waals surface area contributed by atoms with E-state index in [-0.39, 0.29) is 29.3 Å². The van der Waals surface area contributed by atoms with Crippen LogP contribution in [0, 0.1) is 0 Å². The number of Topliss-reactive ketones (excluding diaryl/α,β-unsaturated/α-hetero) is 2. The lowest BCUT2D eigenvalue weighted by Crippen LogP contribution is -2.62. The average Bonchev–Trinajstić information content (AvgIpc) is 3.42. The van der Waals surface area contributed by atoms with Gasteiger partial charge in [0, 0.05) is 37.2 Å². The summed E-state index contributed by atoms with van der Waals surface area (Å²) in [7, 11) is 0. The van der Waals surface area contributed by atoms with Gasteiger partial charge in [0.25, 0.3) is 11.8 Å². The number of anilines is 1. The van der Waals surface area contributed by atoms with E-state index in [1.807, 2.05) is 31.2 Å². The van der Waals surface area contributed by atoms with Crippen molar-refractivity contribution in [2.45, 2.75) is 76.3 Å². The number of fused-ring (bicyclic) bond motifs is 1. The van der Waals surface area contributed by atoms with Gasteiger partial charge in [0.2, 0.25) is 11.7 Å². The van der Waals surface area contributed by atoms with Crippen LogP contribution in [0.1, 0.15) is 85.8 Å². The van der Waals surface area contributed by atoms with E-state index < -0.39 is 11.6 Å². The topological polar surface area (TPSA) is 122 Å². The molecule has 2 N–H and O–H groups in total. The van der Waals surface area contributed by atoms with Gasteiger partial charge in [-0.15, -0.1) is 0 Å². The fourth-order valence-electron chi connectivity index (χ4n) is 5.67. The van der Waals surface area contributed by atoms with Gasteiger partial charge in [0.05, 0.1) is 6.04 Å². The van der Waals surface area contributed by atoms with Crippen LogP contribution in [-0.2, 0) is 9.59 Å². The number of aromatic nitrogens is 1. The van der Waals surface area contributed by atoms with Crippen molar-refractivity contribution < 1.29 is 23.6 Å². The fraction of sp³-hybridized carbons (Fsp3) is 0.452. The number of nitrogens with one attached hydrogen (secondary N) is 2. The smallest absolute Gasteiger partial charge is 0.266 e. The van der Waals surface area contributed by atoms with Crippen LogP contribution in [0.5, 0.6) is 0 Å². The Hall–Kier alpha value is -4.01. The number of ketones is 2. The van der Waals surface area contributed by atoms with Crippen molar-refractivity contribution in [1.29, 1.82) is 0 Å². The second-order valence-electron chi connectivity index (χ2n) is 10.8. The number of carbonyl (C=O) groups is 4. The Labute approximate surface area is 233 Å². The van der Waals surface area contributed by atoms with Crippen molar-refractivity contribution in [3.8, 4) is 0 Å². The lowest BCUT2D eigenvalue weighted by molar-refractivity contribution is -0.129. The van der Waals surface area contributed by atoms with E-state index in [4.69, 9.17) is 4.42 Å². The Morgan fingerprint density at radius 1 is 1.00 bits per heavy atom. The van der Waals surface area contributed by atoms with Gasteiger partial charge in [-0.05, 0) is 55.7 Å². The van der Waals surface area contributed by atoms with Crippen LogP contribution in [0.4, 0.5) is 5.69 Å². The quantitative estimate of drug-likeness (QED) is 0.378. The molecular formula is C31H36N4O5. The summed E-state index contributed by atoms with van der Waals surface area (Å²) in [5, 5.41) is 5.99. The molecule has 2 amide bonds. The first-order chi connectivity index (χ1) is 19.4. The Bertz CT molecular complexity index is 1350. The molecule has 1 aromatic heterocycles. The molecule has 0 spiro atoms. The molecule has 2 aromatic carbocycles. The molecule has 0 unspecified atom stereocenters. The molecule has 1 atom stereocenters. The molecule has 1 aliphatic carbocycles. The zero-order chi connectivity index (χ0) is 28.1. The van der Waals surface area contributed by atoms with Crippen LogP contribution in [0.15, 0.2) is 52.9 Å². The number of rotatable bonds is 9. The Morgan fingerprint density at radius 2 is 1.70 bits per heavy atom. The van der Waals surface area contributed by atoms with E-state index >= 15 is 0 Å². The number of nitrogens with zero attached hydrogens (tertiary/aromatic N) is 2. The second-order valence-corrected chi connectivity index (χ2v) is 10.8. The van der Waals surface area contributed by atoms with E-state index in [9.17, 15) is 19.2 Å². The van der Waals surface area contributed by atoms with E-state index in [1.165, 1.54) is 0 Å². The maximum absolute atomic E-state index is 13.8. The monoisotopic (exact) mass is 544 g/mol. The molecule has 9 heteroatoms. The van der Waals surface area contributed by atoms with Gasteiger partial charge < -0.3 is 20.0 Å². The van der Waals surface area contributed by atoms with E-state index in [2.05, 4.69) is 20.5 Å². The SMILES string of the molecule is CCC[C@H](NC(=O)C1(NC(=O)c2ccc(N3CCC(=O)CC3)cc2)CCCCC1)C(=O)c1nc2ccccc2o1. The van der Waals surface area contributed by atoms with Crippen LogP contribution in [0.25, 0.3) is 11.1 Å². The molecule has 5 rings (SSSR count). The zero-order valence-corrected chi connectivity index (χ0v) is 22.9. The van der Waals surface area contributed by atoms with Crippen molar-refractivity contribution >= 4 is 40.2 Å². The molecule has 2 fully saturated rings. The molecule has 40 heavy (non-hydrogen) atoms. The van der Waals surface area contributed by atoms with Crippen LogP contribution >= 0.6 is 0 Å². The first-order valence-corrected chi connectivity index (χ1v) is 14.3. The predicted octanol–water partition coefficient (Wildman–Crippen LogP) is 4.60. The minimum absolute atomic E-state index is 0.0279. The number of amides is 2. The van der Waals surface area contributed by atoms with Crippen LogP contribution in [0.2, 0.25) is 0 Å². The lowest BCUT2D eigenvalue weighted by atomic mass is 9.80. The van der Waals surface area contributed by atoms with Gasteiger partial charge in [-0.1, -0.05) is 44.7 Å². The maximum Gasteiger partial charge on any atom is 0.266 e. The standard InChI is InChI=1S/C31H36N4O5/c1-2-8-25(27(37)29-32-24-9-4-5-10-26(24)40-29)33-30(39)31(17-6-3-7-18-31)34-28(38)21-11-13-22(14-12-21)35-19-15-23(36)16-20-35/h4-5,9-14,25H,2-3,6-8,15-20H2,1H3,(H,33,39)(H,34,38)/t25-/m0/s1. The summed E-state index contributed by atoms with van der Waals surface area (Å²) in [5.74, 6) is -0.800. The summed E-state index contributed by atoms with van der Waals surface area (Å²) in [6.07, 6.45) is 5.76. The highest BCUT2D eigenvalue weighted by molar-refractivity contribution is 6.03. The number of piperidine rings is 1. The number of hydrogen-bond donors (Lipinski definition) is 2. The largest absolute Gasteiger partial charge is 0.434 e. The highest BCUT2D eigenvalue weighted by atomic mass is 16.4. The van der Waals surface area contributed by atoms with Crippen molar-refractivity contribution in [2.75, 3.05) is 18.0 Å². The average molecular weight is 545 g/mol. The Kier molecular flexibility index (Phi) is 8.28. The molecule has 1 saturated heterocycles. The fourth-order valence-corrected chi connectivity index (χ4v) is 5.67. The van der Waals surface area contributed by atoms with Crippen molar-refractivity contribution in [2.24, 2.45) is 0 Å². The summed E-state index contributed by atoms with van der Waals surface area (Å²) < 4.78 is 5.69. The number of carbonyl (C=O) groups excluding carboxylic acids is 4. The van der Waals surface area contributed by atoms with E-state index in [1.54, 1.807) is 24.3 Å². The highest BCUT2D eigenvalue weighted by Gasteiger charge is 2.42. The molecule has 210 valence electrons. The van der Waals surface area contributed by atoms with Crippen LogP contribution in [-0.4, -0.2) is 53.0 Å². The van der Waals surface area contributed by atoms with Crippen molar-refractivity contribution in [3.63, 3.8) is 0 Å². The molecule has 2 heterocycles. The van der Waals surface area contributed by atoms with Gasteiger partial charge in [-0.25, -0.2) is 4.98 Å². The van der Waals surface area contributed by atoms with E-state index in [0.717, 1.165) is 24.9 Å². The normalized spacial score (nSPS) is 17.8. The second kappa shape index (κ2) is 12.0. The molecule has 9 nitrogen and oxygen atoms in total. The van der Waals surface area contributed by atoms with Crippen molar-refractivity contribution in [3.05, 3.63) is 60.0 Å². The summed E-state index contributed by atoms with van der Waals surface area (Å²) in [6.45, 7) is 3.30. The number of benzene rings is 2. The number of hydrogen-bond acceptors (Lipinski definition) is 7. The maximum atomic E-state index is 13.8. The molecule has 2 aliphatic rings. The molecule has 0 radical (unpaired) electrons. The molecule has 0 bridgehead atoms. The van der Waals surface area contributed by atoms with Gasteiger partial charge >= 0.3 is 0 Å². The summed E-state index contributed by atoms with van der Waals surface area (Å²) in [6, 6.07) is 13.6. The predicted molar refractivity (Wildman–Crippen MR) is 151 cm³/mol. The Morgan fingerprint density at radius 3 is 2.38 bits per heavy atom. The van der Waals surface area contributed by atoms with Gasteiger partial charge in [0.15, 0.2) is 5.58 Å². The van der Waals surface area contributed by atoms with Gasteiger partial charge in [0.1, 0.15) is 16.8 Å². The number of para-hydroxylation sites is 2. The lowest BCUT2D eigenvalue weighted by Gasteiger charge is -2.37. The third-order valence-electron chi connectivity index (χ3n) is 8.01. The first kappa shape index (κ1) is 27.6. The van der Waals surface area contributed by atoms with Gasteiger partial charge in [-0.2, -0.15) is 0 Å². The summed E-state index contributed by atoms with van der Waals surface area (Å²) in [5.41, 5.74) is 1.43. The zero-order valence-electron chi connectivity index (χ0n) is 22.9. The summed E-state index contributed by atoms with van der Waals surface area (Å²) >= 11 is 0. The highest BCUT2D eigenvalue weighted by Crippen LogP contribution is 2.30. The third-order valence-corrected chi connectivity index (χ3v) is 8.01. The molecule has 1 aliphatic heterocycles. The van der Waals surface area contributed by atoms with Crippen LogP contribution < -0.4 is 15.5 Å². The molecule has 1 saturated carbocycles. The first-order valence-electron chi connectivity index (χ1n) is 14.3. The molecule has 3 aromatic rings. The van der Waals surface area contributed by atoms with Crippen molar-refractivity contribution in [1.82, 2.24) is 15.6 Å². The minimum atomic E-state index is -1.10. The minimum Gasteiger partial charge on any atom is -0.434 e. The van der Waals surface area contributed by atoms with Gasteiger partial charge in [-0.3, -0.25) is 19.2 Å². The third kappa shape index (κ3) is 5.93. The van der Waals surface area contributed by atoms with Crippen LogP contribution in [0.3, 0.4) is 0 Å². The summed E-state index contributed by atoms with van der Waals surface area (Å²) in [4.78, 5) is 58.6. The number of oxazole rings is 1. The van der Waals surface area contributed by atoms with E-state index in [0.29, 0.717) is 68.3 Å².